The van der Waals surface area contributed by atoms with Crippen molar-refractivity contribution >= 4 is 17.8 Å². The van der Waals surface area contributed by atoms with Gasteiger partial charge in [-0.05, 0) is 12.3 Å². The Labute approximate surface area is 74.9 Å². The van der Waals surface area contributed by atoms with Crippen LogP contribution >= 0.6 is 0 Å². The minimum atomic E-state index is -0.928. The first-order valence-electron chi connectivity index (χ1n) is 4.28. The van der Waals surface area contributed by atoms with Gasteiger partial charge in [0.05, 0.1) is 0 Å². The van der Waals surface area contributed by atoms with E-state index >= 15 is 0 Å². The molecule has 1 atom stereocenters. The maximum absolute atomic E-state index is 11.4. The van der Waals surface area contributed by atoms with Crippen LogP contribution in [0.2, 0.25) is 0 Å². The molecule has 70 valence electrons. The van der Waals surface area contributed by atoms with E-state index < -0.39 is 23.3 Å². The Hall–Kier alpha value is -1.39. The van der Waals surface area contributed by atoms with Crippen LogP contribution in [0.3, 0.4) is 0 Å². The van der Waals surface area contributed by atoms with E-state index in [2.05, 4.69) is 10.6 Å². The van der Waals surface area contributed by atoms with Gasteiger partial charge in [0.1, 0.15) is 5.41 Å². The molecule has 2 fully saturated rings. The molecule has 1 unspecified atom stereocenters. The zero-order valence-corrected chi connectivity index (χ0v) is 7.22. The van der Waals surface area contributed by atoms with Crippen molar-refractivity contribution in [1.29, 1.82) is 0 Å². The van der Waals surface area contributed by atoms with E-state index in [0.29, 0.717) is 6.42 Å². The van der Waals surface area contributed by atoms with Crippen molar-refractivity contribution in [3.63, 3.8) is 0 Å². The molecule has 0 bridgehead atoms. The highest BCUT2D eigenvalue weighted by atomic mass is 16.2. The summed E-state index contributed by atoms with van der Waals surface area (Å²) in [5.41, 5.74) is -0.928. The number of hydrogen-bond donors (Lipinski definition) is 2. The number of urea groups is 1. The van der Waals surface area contributed by atoms with E-state index in [1.165, 1.54) is 0 Å². The van der Waals surface area contributed by atoms with Gasteiger partial charge >= 0.3 is 6.03 Å². The van der Waals surface area contributed by atoms with Crippen molar-refractivity contribution in [2.75, 3.05) is 0 Å². The van der Waals surface area contributed by atoms with Crippen LogP contribution in [0.4, 0.5) is 4.79 Å². The highest BCUT2D eigenvalue weighted by Crippen LogP contribution is 2.55. The van der Waals surface area contributed by atoms with Crippen LogP contribution in [0.15, 0.2) is 0 Å². The maximum Gasteiger partial charge on any atom is 0.328 e. The fraction of sp³-hybridized carbons (Fsp3) is 0.625. The van der Waals surface area contributed by atoms with Gasteiger partial charge < -0.3 is 0 Å². The fourth-order valence-corrected chi connectivity index (χ4v) is 1.94. The monoisotopic (exact) mass is 182 g/mol. The summed E-state index contributed by atoms with van der Waals surface area (Å²) in [4.78, 5) is 33.5. The highest BCUT2D eigenvalue weighted by molar-refractivity contribution is 6.21. The molecule has 13 heavy (non-hydrogen) atoms. The van der Waals surface area contributed by atoms with Gasteiger partial charge in [0.25, 0.3) is 0 Å². The minimum absolute atomic E-state index is 0.0978. The van der Waals surface area contributed by atoms with Crippen LogP contribution in [-0.4, -0.2) is 17.8 Å². The van der Waals surface area contributed by atoms with E-state index in [1.54, 1.807) is 0 Å². The topological polar surface area (TPSA) is 75.3 Å². The van der Waals surface area contributed by atoms with E-state index in [9.17, 15) is 14.4 Å². The van der Waals surface area contributed by atoms with Crippen LogP contribution in [0.1, 0.15) is 19.8 Å². The molecule has 1 spiro atoms. The van der Waals surface area contributed by atoms with Gasteiger partial charge in [-0.2, -0.15) is 0 Å². The number of amides is 4. The standard InChI is InChI=1S/C8H10N2O3/c1-2-4-3-8(4)5(11)9-7(13)10-6(8)12/h4H,2-3H2,1H3,(H2,9,10,11,12,13). The zero-order chi connectivity index (χ0) is 9.64. The summed E-state index contributed by atoms with van der Waals surface area (Å²) < 4.78 is 0. The Bertz CT molecular complexity index is 291. The Kier molecular flexibility index (Phi) is 1.46. The Balaban J connectivity index is 2.25. The first kappa shape index (κ1) is 8.22. The minimum Gasteiger partial charge on any atom is -0.277 e. The summed E-state index contributed by atoms with van der Waals surface area (Å²) in [5, 5.41) is 4.23. The number of carbonyl (C=O) groups excluding carboxylic acids is 3. The molecular formula is C8H10N2O3. The molecule has 5 nitrogen and oxygen atoms in total. The summed E-state index contributed by atoms with van der Waals surface area (Å²) >= 11 is 0. The van der Waals surface area contributed by atoms with Crippen LogP contribution in [0.5, 0.6) is 0 Å². The Morgan fingerprint density at radius 3 is 2.23 bits per heavy atom. The summed E-state index contributed by atoms with van der Waals surface area (Å²) in [7, 11) is 0. The van der Waals surface area contributed by atoms with E-state index in [4.69, 9.17) is 0 Å². The SMILES string of the molecule is CCC1CC12C(=O)NC(=O)NC2=O. The van der Waals surface area contributed by atoms with Crippen molar-refractivity contribution in [3.05, 3.63) is 0 Å². The van der Waals surface area contributed by atoms with Gasteiger partial charge in [-0.25, -0.2) is 4.79 Å². The summed E-state index contributed by atoms with van der Waals surface area (Å²) in [6, 6.07) is -0.706. The number of hydrogen-bond acceptors (Lipinski definition) is 3. The molecule has 1 saturated carbocycles. The van der Waals surface area contributed by atoms with E-state index in [1.807, 2.05) is 6.92 Å². The molecule has 1 aliphatic heterocycles. The van der Waals surface area contributed by atoms with Gasteiger partial charge in [-0.15, -0.1) is 0 Å². The average Bonchev–Trinajstić information content (AvgIpc) is 2.76. The van der Waals surface area contributed by atoms with Gasteiger partial charge in [0, 0.05) is 0 Å². The van der Waals surface area contributed by atoms with Crippen molar-refractivity contribution in [1.82, 2.24) is 10.6 Å². The molecule has 5 heteroatoms. The quantitative estimate of drug-likeness (QED) is 0.550. The molecule has 4 amide bonds. The van der Waals surface area contributed by atoms with Crippen molar-refractivity contribution < 1.29 is 14.4 Å². The molecule has 0 aromatic rings. The first-order chi connectivity index (χ1) is 6.11. The molecule has 0 aromatic heterocycles. The second kappa shape index (κ2) is 2.31. The fourth-order valence-electron chi connectivity index (χ4n) is 1.94. The lowest BCUT2D eigenvalue weighted by molar-refractivity contribution is -0.138. The maximum atomic E-state index is 11.4. The predicted molar refractivity (Wildman–Crippen MR) is 42.5 cm³/mol. The lowest BCUT2D eigenvalue weighted by Gasteiger charge is -2.20. The summed E-state index contributed by atoms with van der Waals surface area (Å²) in [5.74, 6) is -0.776. The number of imide groups is 2. The molecule has 0 aromatic carbocycles. The third-order valence-electron chi connectivity index (χ3n) is 2.86. The molecule has 2 aliphatic rings. The van der Waals surface area contributed by atoms with Crippen LogP contribution in [-0.2, 0) is 9.59 Å². The smallest absolute Gasteiger partial charge is 0.277 e. The second-order valence-corrected chi connectivity index (χ2v) is 3.52. The molecule has 1 saturated heterocycles. The van der Waals surface area contributed by atoms with E-state index in [0.717, 1.165) is 6.42 Å². The van der Waals surface area contributed by atoms with E-state index in [-0.39, 0.29) is 5.92 Å². The predicted octanol–water partition coefficient (Wildman–Crippen LogP) is -0.231. The van der Waals surface area contributed by atoms with Crippen molar-refractivity contribution in [3.8, 4) is 0 Å². The molecule has 2 rings (SSSR count). The molecule has 1 aliphatic carbocycles. The van der Waals surface area contributed by atoms with Crippen molar-refractivity contribution in [2.24, 2.45) is 11.3 Å². The summed E-state index contributed by atoms with van der Waals surface area (Å²) in [6.45, 7) is 1.93. The molecule has 0 radical (unpaired) electrons. The van der Waals surface area contributed by atoms with Gasteiger partial charge in [0.2, 0.25) is 11.8 Å². The van der Waals surface area contributed by atoms with Crippen LogP contribution in [0, 0.1) is 11.3 Å². The van der Waals surface area contributed by atoms with Crippen LogP contribution < -0.4 is 10.6 Å². The average molecular weight is 182 g/mol. The first-order valence-corrected chi connectivity index (χ1v) is 4.28. The number of carbonyl (C=O) groups is 3. The largest absolute Gasteiger partial charge is 0.328 e. The Morgan fingerprint density at radius 2 is 1.85 bits per heavy atom. The van der Waals surface area contributed by atoms with Gasteiger partial charge in [-0.1, -0.05) is 13.3 Å². The highest BCUT2D eigenvalue weighted by Gasteiger charge is 2.66. The second-order valence-electron chi connectivity index (χ2n) is 3.52. The number of barbiturate groups is 1. The Morgan fingerprint density at radius 1 is 1.31 bits per heavy atom. The molecular weight excluding hydrogens is 172 g/mol. The number of rotatable bonds is 1. The third kappa shape index (κ3) is 0.897. The molecule has 2 N–H and O–H groups in total. The molecule has 1 heterocycles. The summed E-state index contributed by atoms with van der Waals surface area (Å²) in [6.07, 6.45) is 1.35. The lowest BCUT2D eigenvalue weighted by Crippen LogP contribution is -2.57. The number of nitrogens with one attached hydrogen (secondary N) is 2. The van der Waals surface area contributed by atoms with Crippen molar-refractivity contribution in [2.45, 2.75) is 19.8 Å². The lowest BCUT2D eigenvalue weighted by atomic mass is 9.99. The van der Waals surface area contributed by atoms with Gasteiger partial charge in [-0.3, -0.25) is 20.2 Å². The zero-order valence-electron chi connectivity index (χ0n) is 7.22. The normalized spacial score (nSPS) is 29.9. The third-order valence-corrected chi connectivity index (χ3v) is 2.86. The van der Waals surface area contributed by atoms with Crippen LogP contribution in [0.25, 0.3) is 0 Å². The van der Waals surface area contributed by atoms with Gasteiger partial charge in [0.15, 0.2) is 0 Å².